The number of rotatable bonds is 5. The average Bonchev–Trinajstić information content (AvgIpc) is 2.12. The van der Waals surface area contributed by atoms with E-state index in [1.807, 2.05) is 0 Å². The number of aliphatic carboxylic acids is 1. The Balaban J connectivity index is -0.000000845. The summed E-state index contributed by atoms with van der Waals surface area (Å²) in [5, 5.41) is 12.3. The van der Waals surface area contributed by atoms with Crippen LogP contribution < -0.4 is 10.6 Å². The predicted octanol–water partition coefficient (Wildman–Crippen LogP) is 0.400. The van der Waals surface area contributed by atoms with Crippen LogP contribution in [-0.2, 0) is 9.59 Å². The Bertz CT molecular complexity index is 243. The van der Waals surface area contributed by atoms with Gasteiger partial charge in [-0.2, -0.15) is 0 Å². The molecule has 0 saturated carbocycles. The average molecular weight is 242 g/mol. The molecule has 84 valence electrons. The highest BCUT2D eigenvalue weighted by Gasteiger charge is 2.06. The molecule has 3 N–H and O–H groups in total. The van der Waals surface area contributed by atoms with Crippen LogP contribution in [0.25, 0.3) is 0 Å². The zero-order valence-electron chi connectivity index (χ0n) is 7.40. The van der Waals surface area contributed by atoms with E-state index in [0.29, 0.717) is 0 Å². The summed E-state index contributed by atoms with van der Waals surface area (Å²) in [6.45, 7) is -0.649. The highest BCUT2D eigenvalue weighted by atomic mass is 33.1. The van der Waals surface area contributed by atoms with Gasteiger partial charge < -0.3 is 15.7 Å². The molecule has 0 spiro atoms. The molecule has 0 heterocycles. The van der Waals surface area contributed by atoms with Gasteiger partial charge in [0.15, 0.2) is 0 Å². The number of carbonyl (C=O) groups is 3. The minimum atomic E-state index is -1.12. The summed E-state index contributed by atoms with van der Waals surface area (Å²) in [6, 6.07) is 0. The van der Waals surface area contributed by atoms with Crippen molar-refractivity contribution < 1.29 is 22.3 Å². The number of carboxylic acid groups (broad SMARTS) is 1. The quantitative estimate of drug-likeness (QED) is 0.604. The zero-order chi connectivity index (χ0) is 11.0. The van der Waals surface area contributed by atoms with E-state index < -0.39 is 18.4 Å². The molecular weight excluding hydrogens is 228 g/mol. The molecule has 0 unspecified atom stereocenters. The Hall–Kier alpha value is -0.890. The van der Waals surface area contributed by atoms with Crippen molar-refractivity contribution in [2.75, 3.05) is 19.3 Å². The molecule has 0 aliphatic rings. The van der Waals surface area contributed by atoms with Crippen LogP contribution in [0, 0.1) is 0 Å². The van der Waals surface area contributed by atoms with Crippen molar-refractivity contribution in [1.82, 2.24) is 10.6 Å². The largest absolute Gasteiger partial charge is 0.480 e. The second-order valence-corrected chi connectivity index (χ2v) is 4.43. The molecule has 0 aromatic rings. The van der Waals surface area contributed by atoms with E-state index in [0.717, 1.165) is 10.8 Å². The van der Waals surface area contributed by atoms with Crippen molar-refractivity contribution in [2.24, 2.45) is 0 Å². The number of carboxylic acids is 1. The molecule has 14 heavy (non-hydrogen) atoms. The third-order valence-corrected chi connectivity index (χ3v) is 2.41. The van der Waals surface area contributed by atoms with Crippen molar-refractivity contribution in [1.29, 1.82) is 0 Å². The van der Waals surface area contributed by atoms with E-state index >= 15 is 0 Å². The van der Waals surface area contributed by atoms with Crippen molar-refractivity contribution in [2.45, 2.75) is 0 Å². The molecule has 6 nitrogen and oxygen atoms in total. The molecule has 0 radical (unpaired) electrons. The molecule has 0 saturated heterocycles. The molecular formula is C6H14N2O4S2. The van der Waals surface area contributed by atoms with E-state index in [4.69, 9.17) is 5.11 Å². The van der Waals surface area contributed by atoms with Gasteiger partial charge in [0.25, 0.3) is 5.24 Å². The lowest BCUT2D eigenvalue weighted by Gasteiger charge is -2.03. The molecule has 0 aromatic heterocycles. The number of hydrogen-bond donors (Lipinski definition) is 3. The Labute approximate surface area is 91.6 Å². The third-order valence-electron chi connectivity index (χ3n) is 0.989. The number of hydrogen-bond acceptors (Lipinski definition) is 5. The lowest BCUT2D eigenvalue weighted by Crippen LogP contribution is -2.37. The Morgan fingerprint density at radius 2 is 1.93 bits per heavy atom. The monoisotopic (exact) mass is 242 g/mol. The molecule has 0 fully saturated rings. The van der Waals surface area contributed by atoms with Crippen LogP contribution in [0.2, 0.25) is 0 Å². The SMILES string of the molecule is CSSC(=O)NCC(=O)NCC(=O)O.[HH].[HH]. The number of carbonyl (C=O) groups excluding carboxylic acids is 2. The minimum absolute atomic E-state index is 0. The standard InChI is InChI=1S/C6H10N2O4S2.2H2/c1-13-14-6(12)8-2-4(9)7-3-5(10)11;;/h2-3H2,1H3,(H,7,9)(H,8,12)(H,10,11);2*1H. The molecule has 0 rings (SSSR count). The Kier molecular flexibility index (Phi) is 7.03. The van der Waals surface area contributed by atoms with E-state index in [1.54, 1.807) is 6.26 Å². The van der Waals surface area contributed by atoms with Crippen molar-refractivity contribution in [3.63, 3.8) is 0 Å². The molecule has 0 aromatic carbocycles. The Morgan fingerprint density at radius 1 is 1.29 bits per heavy atom. The van der Waals surface area contributed by atoms with Gasteiger partial charge in [0.05, 0.1) is 6.54 Å². The predicted molar refractivity (Wildman–Crippen MR) is 59.4 cm³/mol. The highest BCUT2D eigenvalue weighted by molar-refractivity contribution is 8.81. The van der Waals surface area contributed by atoms with Crippen LogP contribution >= 0.6 is 21.6 Å². The van der Waals surface area contributed by atoms with Crippen LogP contribution in [0.3, 0.4) is 0 Å². The molecule has 0 aliphatic heterocycles. The maximum absolute atomic E-state index is 10.9. The first-order valence-electron chi connectivity index (χ1n) is 3.53. The first-order valence-corrected chi connectivity index (χ1v) is 6.09. The van der Waals surface area contributed by atoms with E-state index in [2.05, 4.69) is 10.6 Å². The van der Waals surface area contributed by atoms with Gasteiger partial charge in [-0.1, -0.05) is 10.8 Å². The minimum Gasteiger partial charge on any atom is -0.480 e. The van der Waals surface area contributed by atoms with Crippen LogP contribution in [0.15, 0.2) is 0 Å². The second kappa shape index (κ2) is 7.51. The summed E-state index contributed by atoms with van der Waals surface area (Å²) in [4.78, 5) is 31.7. The third kappa shape index (κ3) is 7.74. The smallest absolute Gasteiger partial charge is 0.322 e. The molecule has 0 bridgehead atoms. The summed E-state index contributed by atoms with van der Waals surface area (Å²) in [6.07, 6.45) is 1.73. The lowest BCUT2D eigenvalue weighted by atomic mass is 10.5. The zero-order valence-corrected chi connectivity index (χ0v) is 9.04. The van der Waals surface area contributed by atoms with Crippen LogP contribution in [0.1, 0.15) is 2.85 Å². The van der Waals surface area contributed by atoms with Crippen molar-refractivity contribution in [3.8, 4) is 0 Å². The van der Waals surface area contributed by atoms with Crippen molar-refractivity contribution >= 4 is 38.7 Å². The van der Waals surface area contributed by atoms with Gasteiger partial charge in [0.2, 0.25) is 5.91 Å². The second-order valence-electron chi connectivity index (χ2n) is 2.06. The highest BCUT2D eigenvalue weighted by Crippen LogP contribution is 2.16. The Morgan fingerprint density at radius 3 is 2.43 bits per heavy atom. The summed E-state index contributed by atoms with van der Waals surface area (Å²) < 4.78 is 0. The van der Waals surface area contributed by atoms with Crippen LogP contribution in [0.4, 0.5) is 4.79 Å². The van der Waals surface area contributed by atoms with Gasteiger partial charge in [0, 0.05) is 13.6 Å². The summed E-state index contributed by atoms with van der Waals surface area (Å²) in [5.74, 6) is -1.65. The van der Waals surface area contributed by atoms with Crippen molar-refractivity contribution in [3.05, 3.63) is 0 Å². The maximum Gasteiger partial charge on any atom is 0.322 e. The summed E-state index contributed by atoms with van der Waals surface area (Å²) >= 11 is 0. The van der Waals surface area contributed by atoms with Gasteiger partial charge in [-0.3, -0.25) is 14.4 Å². The van der Waals surface area contributed by atoms with Gasteiger partial charge in [-0.05, 0) is 6.26 Å². The topological polar surface area (TPSA) is 95.5 Å². The summed E-state index contributed by atoms with van der Waals surface area (Å²) in [5.41, 5.74) is 0. The van der Waals surface area contributed by atoms with E-state index in [9.17, 15) is 14.4 Å². The lowest BCUT2D eigenvalue weighted by molar-refractivity contribution is -0.137. The van der Waals surface area contributed by atoms with E-state index in [-0.39, 0.29) is 14.6 Å². The fourth-order valence-electron chi connectivity index (χ4n) is 0.494. The first kappa shape index (κ1) is 13.1. The normalized spacial score (nSPS) is 9.21. The van der Waals surface area contributed by atoms with Gasteiger partial charge in [-0.25, -0.2) is 0 Å². The fraction of sp³-hybridized carbons (Fsp3) is 0.500. The van der Waals surface area contributed by atoms with Gasteiger partial charge in [-0.15, -0.1) is 0 Å². The number of nitrogens with one attached hydrogen (secondary N) is 2. The maximum atomic E-state index is 10.9. The van der Waals surface area contributed by atoms with Gasteiger partial charge in [0.1, 0.15) is 6.54 Å². The number of amides is 2. The molecule has 8 heteroatoms. The summed E-state index contributed by atoms with van der Waals surface area (Å²) in [7, 11) is 2.23. The fourth-order valence-corrected chi connectivity index (χ4v) is 1.41. The molecule has 0 atom stereocenters. The molecule has 2 amide bonds. The van der Waals surface area contributed by atoms with E-state index in [1.165, 1.54) is 10.8 Å². The van der Waals surface area contributed by atoms with Gasteiger partial charge >= 0.3 is 5.97 Å². The first-order chi connectivity index (χ1) is 6.56. The van der Waals surface area contributed by atoms with Crippen LogP contribution in [-0.4, -0.2) is 41.6 Å². The molecule has 0 aliphatic carbocycles. The van der Waals surface area contributed by atoms with Crippen LogP contribution in [0.5, 0.6) is 0 Å².